The van der Waals surface area contributed by atoms with Crippen LogP contribution in [-0.2, 0) is 0 Å². The number of nitrogens with zero attached hydrogens (tertiary/aromatic N) is 1. The van der Waals surface area contributed by atoms with Gasteiger partial charge in [-0.2, -0.15) is 0 Å². The Hall–Kier alpha value is 0.360. The van der Waals surface area contributed by atoms with Gasteiger partial charge in [0.15, 0.2) is 0 Å². The van der Waals surface area contributed by atoms with Crippen molar-refractivity contribution >= 4 is 15.9 Å². The van der Waals surface area contributed by atoms with Crippen LogP contribution in [0.25, 0.3) is 0 Å². The van der Waals surface area contributed by atoms with Crippen molar-refractivity contribution in [1.29, 1.82) is 0 Å². The molecule has 2 saturated heterocycles. The average Bonchev–Trinajstić information content (AvgIpc) is 2.78. The van der Waals surface area contributed by atoms with Crippen LogP contribution in [0.1, 0.15) is 58.8 Å². The predicted octanol–water partition coefficient (Wildman–Crippen LogP) is 3.09. The molecule has 2 aliphatic heterocycles. The first-order chi connectivity index (χ1) is 10.6. The molecule has 2 aliphatic carbocycles. The highest BCUT2D eigenvalue weighted by Crippen LogP contribution is 2.43. The van der Waals surface area contributed by atoms with Crippen LogP contribution in [-0.4, -0.2) is 46.6 Å². The molecule has 2 saturated carbocycles. The number of nitrogens with one attached hydrogen (secondary N) is 2. The van der Waals surface area contributed by atoms with Crippen molar-refractivity contribution in [3.8, 4) is 0 Å². The van der Waals surface area contributed by atoms with Crippen molar-refractivity contribution in [1.82, 2.24) is 15.5 Å². The molecule has 126 valence electrons. The van der Waals surface area contributed by atoms with Crippen LogP contribution in [0.15, 0.2) is 0 Å². The van der Waals surface area contributed by atoms with Crippen molar-refractivity contribution in [2.45, 2.75) is 94.0 Å². The van der Waals surface area contributed by atoms with Gasteiger partial charge in [0.2, 0.25) is 0 Å². The van der Waals surface area contributed by atoms with Crippen LogP contribution >= 0.6 is 15.9 Å². The van der Waals surface area contributed by atoms with Crippen molar-refractivity contribution in [2.24, 2.45) is 11.8 Å². The van der Waals surface area contributed by atoms with Gasteiger partial charge in [-0.05, 0) is 43.9 Å². The fraction of sp³-hybridized carbons (Fsp3) is 1.00. The van der Waals surface area contributed by atoms with Crippen LogP contribution in [0.5, 0.6) is 0 Å². The third-order valence-electron chi connectivity index (χ3n) is 6.52. The Balaban J connectivity index is 1.57. The van der Waals surface area contributed by atoms with Gasteiger partial charge in [-0.3, -0.25) is 10.2 Å². The fourth-order valence-corrected chi connectivity index (χ4v) is 6.36. The van der Waals surface area contributed by atoms with E-state index in [1.54, 1.807) is 0 Å². The standard InChI is InChI=1S/C18H32BrN3/c1-11(2)10-22-16-8-7-12(19)9-13(16)17-18(22)21-15-6-4-3-5-14(15)20-17/h11-18,20-21H,3-10H2,1-2H3. The van der Waals surface area contributed by atoms with E-state index >= 15 is 0 Å². The lowest BCUT2D eigenvalue weighted by Crippen LogP contribution is -2.68. The zero-order valence-corrected chi connectivity index (χ0v) is 15.7. The zero-order valence-electron chi connectivity index (χ0n) is 14.1. The highest BCUT2D eigenvalue weighted by Gasteiger charge is 2.54. The number of halogens is 1. The first kappa shape index (κ1) is 15.9. The summed E-state index contributed by atoms with van der Waals surface area (Å²) in [5, 5.41) is 8.21. The lowest BCUT2D eigenvalue weighted by molar-refractivity contribution is 0.0802. The molecule has 4 aliphatic rings. The molecule has 2 N–H and O–H groups in total. The van der Waals surface area contributed by atoms with Crippen LogP contribution < -0.4 is 10.6 Å². The summed E-state index contributed by atoms with van der Waals surface area (Å²) in [6, 6.07) is 2.91. The van der Waals surface area contributed by atoms with Crippen LogP contribution in [0.4, 0.5) is 0 Å². The summed E-state index contributed by atoms with van der Waals surface area (Å²) < 4.78 is 0. The van der Waals surface area contributed by atoms with Gasteiger partial charge in [-0.1, -0.05) is 42.6 Å². The molecule has 4 rings (SSSR count). The van der Waals surface area contributed by atoms with E-state index < -0.39 is 0 Å². The SMILES string of the molecule is CC(C)CN1C2CCC(Br)CC2C2NC3CCCCC3NC21. The third kappa shape index (κ3) is 2.78. The van der Waals surface area contributed by atoms with Gasteiger partial charge in [0.1, 0.15) is 0 Å². The zero-order chi connectivity index (χ0) is 15.3. The van der Waals surface area contributed by atoms with Gasteiger partial charge in [0, 0.05) is 35.5 Å². The van der Waals surface area contributed by atoms with Crippen LogP contribution in [0.3, 0.4) is 0 Å². The molecule has 22 heavy (non-hydrogen) atoms. The number of fused-ring (bicyclic) bond motifs is 4. The van der Waals surface area contributed by atoms with Gasteiger partial charge in [0.25, 0.3) is 0 Å². The first-order valence-corrected chi connectivity index (χ1v) is 10.5. The molecule has 0 spiro atoms. The largest absolute Gasteiger partial charge is 0.307 e. The topological polar surface area (TPSA) is 27.3 Å². The summed E-state index contributed by atoms with van der Waals surface area (Å²) in [5.74, 6) is 1.59. The van der Waals surface area contributed by atoms with E-state index in [-0.39, 0.29) is 0 Å². The minimum absolute atomic E-state index is 0.578. The van der Waals surface area contributed by atoms with Gasteiger partial charge >= 0.3 is 0 Å². The maximum atomic E-state index is 4.12. The molecule has 0 bridgehead atoms. The summed E-state index contributed by atoms with van der Waals surface area (Å²) in [6.07, 6.45) is 10.2. The normalized spacial score (nSPS) is 48.8. The minimum Gasteiger partial charge on any atom is -0.307 e. The summed E-state index contributed by atoms with van der Waals surface area (Å²) in [4.78, 5) is 3.58. The van der Waals surface area contributed by atoms with E-state index in [0.717, 1.165) is 28.7 Å². The molecule has 0 aromatic carbocycles. The molecular weight excluding hydrogens is 338 g/mol. The van der Waals surface area contributed by atoms with E-state index in [1.165, 1.54) is 51.5 Å². The Kier molecular flexibility index (Phi) is 4.57. The first-order valence-electron chi connectivity index (χ1n) is 9.55. The van der Waals surface area contributed by atoms with Gasteiger partial charge in [-0.25, -0.2) is 0 Å². The van der Waals surface area contributed by atoms with Gasteiger partial charge < -0.3 is 5.32 Å². The Labute approximate surface area is 144 Å². The molecular formula is C18H32BrN3. The van der Waals surface area contributed by atoms with Crippen molar-refractivity contribution < 1.29 is 0 Å². The lowest BCUT2D eigenvalue weighted by Gasteiger charge is -2.46. The van der Waals surface area contributed by atoms with Gasteiger partial charge in [0.05, 0.1) is 6.17 Å². The molecule has 3 nitrogen and oxygen atoms in total. The quantitative estimate of drug-likeness (QED) is 0.732. The van der Waals surface area contributed by atoms with Crippen molar-refractivity contribution in [2.75, 3.05) is 6.54 Å². The summed E-state index contributed by atoms with van der Waals surface area (Å²) in [7, 11) is 0. The third-order valence-corrected chi connectivity index (χ3v) is 7.35. The highest BCUT2D eigenvalue weighted by molar-refractivity contribution is 9.09. The number of hydrogen-bond donors (Lipinski definition) is 2. The molecule has 0 radical (unpaired) electrons. The highest BCUT2D eigenvalue weighted by atomic mass is 79.9. The molecule has 7 unspecified atom stereocenters. The van der Waals surface area contributed by atoms with E-state index in [1.807, 2.05) is 0 Å². The molecule has 4 fully saturated rings. The van der Waals surface area contributed by atoms with E-state index in [2.05, 4.69) is 45.3 Å². The lowest BCUT2D eigenvalue weighted by atomic mass is 9.79. The average molecular weight is 370 g/mol. The van der Waals surface area contributed by atoms with Crippen molar-refractivity contribution in [3.05, 3.63) is 0 Å². The molecule has 0 aromatic heterocycles. The molecule has 7 atom stereocenters. The Morgan fingerprint density at radius 3 is 2.50 bits per heavy atom. The van der Waals surface area contributed by atoms with E-state index in [0.29, 0.717) is 18.2 Å². The number of hydrogen-bond acceptors (Lipinski definition) is 3. The number of rotatable bonds is 2. The predicted molar refractivity (Wildman–Crippen MR) is 95.3 cm³/mol. The molecule has 0 amide bonds. The fourth-order valence-electron chi connectivity index (χ4n) is 5.66. The molecule has 2 heterocycles. The number of likely N-dealkylation sites (tertiary alicyclic amines) is 1. The van der Waals surface area contributed by atoms with Crippen molar-refractivity contribution in [3.63, 3.8) is 0 Å². The second-order valence-electron chi connectivity index (χ2n) is 8.53. The number of piperazine rings is 1. The van der Waals surface area contributed by atoms with Crippen LogP contribution in [0.2, 0.25) is 0 Å². The van der Waals surface area contributed by atoms with Gasteiger partial charge in [-0.15, -0.1) is 0 Å². The number of alkyl halides is 1. The summed E-state index contributed by atoms with van der Waals surface area (Å²) >= 11 is 3.91. The minimum atomic E-state index is 0.578. The van der Waals surface area contributed by atoms with E-state index in [4.69, 9.17) is 0 Å². The Morgan fingerprint density at radius 2 is 1.77 bits per heavy atom. The molecule has 0 aromatic rings. The van der Waals surface area contributed by atoms with E-state index in [9.17, 15) is 0 Å². The maximum Gasteiger partial charge on any atom is 0.0764 e. The Morgan fingerprint density at radius 1 is 1.05 bits per heavy atom. The monoisotopic (exact) mass is 369 g/mol. The second-order valence-corrected chi connectivity index (χ2v) is 9.83. The summed E-state index contributed by atoms with van der Waals surface area (Å²) in [5.41, 5.74) is 0. The maximum absolute atomic E-state index is 4.12. The summed E-state index contributed by atoms with van der Waals surface area (Å²) in [6.45, 7) is 6.00. The Bertz CT molecular complexity index is 402. The van der Waals surface area contributed by atoms with Crippen LogP contribution in [0, 0.1) is 11.8 Å². The smallest absolute Gasteiger partial charge is 0.0764 e. The second kappa shape index (κ2) is 6.34. The molecule has 4 heteroatoms.